The number of nitrogens with one attached hydrogen (secondary N) is 1. The van der Waals surface area contributed by atoms with Gasteiger partial charge in [0.25, 0.3) is 11.8 Å². The number of Topliss-reactive ketones (excluding diaryl/α,β-unsaturated/α-hetero) is 1. The van der Waals surface area contributed by atoms with Gasteiger partial charge in [0.05, 0.1) is 22.2 Å². The molecule has 1 amide bonds. The fraction of sp³-hybridized carbons (Fsp3) is 0.333. The van der Waals surface area contributed by atoms with Gasteiger partial charge in [-0.25, -0.2) is 8.78 Å². The summed E-state index contributed by atoms with van der Waals surface area (Å²) in [6.45, 7) is 2.87. The van der Waals surface area contributed by atoms with E-state index in [1.165, 1.54) is 32.0 Å². The van der Waals surface area contributed by atoms with Crippen molar-refractivity contribution in [1.82, 2.24) is 5.32 Å². The molecule has 7 heteroatoms. The maximum Gasteiger partial charge on any atom is 0.274 e. The van der Waals surface area contributed by atoms with Gasteiger partial charge in [0.2, 0.25) is 0 Å². The molecule has 1 unspecified atom stereocenters. The molecule has 0 aliphatic heterocycles. The van der Waals surface area contributed by atoms with Crippen LogP contribution >= 0.6 is 11.6 Å². The van der Waals surface area contributed by atoms with E-state index in [1.807, 2.05) is 36.4 Å². The van der Waals surface area contributed by atoms with Crippen molar-refractivity contribution in [3.8, 4) is 11.1 Å². The van der Waals surface area contributed by atoms with Crippen molar-refractivity contribution in [2.24, 2.45) is 0 Å². The number of amides is 1. The van der Waals surface area contributed by atoms with Crippen molar-refractivity contribution in [2.75, 3.05) is 0 Å². The highest BCUT2D eigenvalue weighted by molar-refractivity contribution is 6.34. The Morgan fingerprint density at radius 3 is 2.30 bits per heavy atom. The lowest BCUT2D eigenvalue weighted by molar-refractivity contribution is -0.00828. The summed E-state index contributed by atoms with van der Waals surface area (Å²) >= 11 is 6.30. The number of alkyl halides is 2. The van der Waals surface area contributed by atoms with Crippen LogP contribution in [0.4, 0.5) is 8.78 Å². The maximum atomic E-state index is 14.4. The lowest BCUT2D eigenvalue weighted by Gasteiger charge is -2.34. The Bertz CT molecular complexity index is 1300. The number of aliphatic hydroxyl groups is 1. The molecule has 37 heavy (non-hydrogen) atoms. The van der Waals surface area contributed by atoms with Gasteiger partial charge in [-0.3, -0.25) is 9.59 Å². The molecule has 3 aromatic carbocycles. The Morgan fingerprint density at radius 1 is 1.03 bits per heavy atom. The Morgan fingerprint density at radius 2 is 1.68 bits per heavy atom. The second-order valence-electron chi connectivity index (χ2n) is 9.70. The van der Waals surface area contributed by atoms with Crippen molar-refractivity contribution in [3.05, 3.63) is 94.0 Å². The number of hydrogen-bond acceptors (Lipinski definition) is 3. The number of carbonyl (C=O) groups is 2. The van der Waals surface area contributed by atoms with Crippen molar-refractivity contribution in [1.29, 1.82) is 0 Å². The van der Waals surface area contributed by atoms with Crippen molar-refractivity contribution in [2.45, 2.75) is 63.5 Å². The standard InChI is InChI=1S/C30H30ClF2NO3/c1-3-30(32,33)25-11-7-10-24(26(25)31)28(36)34-27(29(37)16-4-5-17-29)23-9-6-8-22(18-23)21-14-12-20(13-15-21)19(2)35/h6-15,18,27,37H,3-5,16-17H2,1-2H3,(H,34,36). The summed E-state index contributed by atoms with van der Waals surface area (Å²) < 4.78 is 28.8. The fourth-order valence-corrected chi connectivity index (χ4v) is 5.34. The smallest absolute Gasteiger partial charge is 0.274 e. The highest BCUT2D eigenvalue weighted by atomic mass is 35.5. The minimum Gasteiger partial charge on any atom is -0.387 e. The Labute approximate surface area is 220 Å². The number of rotatable bonds is 8. The van der Waals surface area contributed by atoms with Crippen LogP contribution in [0, 0.1) is 0 Å². The zero-order valence-corrected chi connectivity index (χ0v) is 21.6. The van der Waals surface area contributed by atoms with Crippen LogP contribution in [0.15, 0.2) is 66.7 Å². The molecule has 1 aliphatic carbocycles. The number of benzene rings is 3. The van der Waals surface area contributed by atoms with Gasteiger partial charge >= 0.3 is 0 Å². The highest BCUT2D eigenvalue weighted by Crippen LogP contribution is 2.42. The first-order valence-electron chi connectivity index (χ1n) is 12.5. The van der Waals surface area contributed by atoms with E-state index in [2.05, 4.69) is 5.32 Å². The average Bonchev–Trinajstić information content (AvgIpc) is 3.34. The van der Waals surface area contributed by atoms with Crippen LogP contribution in [-0.4, -0.2) is 22.4 Å². The van der Waals surface area contributed by atoms with Gasteiger partial charge in [-0.05, 0) is 48.6 Å². The second-order valence-corrected chi connectivity index (χ2v) is 10.1. The van der Waals surface area contributed by atoms with Gasteiger partial charge in [0.1, 0.15) is 0 Å². The molecule has 194 valence electrons. The summed E-state index contributed by atoms with van der Waals surface area (Å²) in [5.41, 5.74) is 1.40. The summed E-state index contributed by atoms with van der Waals surface area (Å²) in [7, 11) is 0. The van der Waals surface area contributed by atoms with E-state index in [4.69, 9.17) is 11.6 Å². The molecule has 0 aromatic heterocycles. The molecule has 3 aromatic rings. The predicted molar refractivity (Wildman–Crippen MR) is 141 cm³/mol. The Kier molecular flexibility index (Phi) is 7.81. The summed E-state index contributed by atoms with van der Waals surface area (Å²) in [5, 5.41) is 14.2. The first kappa shape index (κ1) is 27.0. The van der Waals surface area contributed by atoms with Gasteiger partial charge < -0.3 is 10.4 Å². The number of hydrogen-bond donors (Lipinski definition) is 2. The minimum atomic E-state index is -3.16. The second kappa shape index (κ2) is 10.7. The van der Waals surface area contributed by atoms with Crippen LogP contribution in [0.3, 0.4) is 0 Å². The van der Waals surface area contributed by atoms with E-state index in [0.29, 0.717) is 24.0 Å². The van der Waals surface area contributed by atoms with Crippen LogP contribution < -0.4 is 5.32 Å². The van der Waals surface area contributed by atoms with Crippen LogP contribution in [0.5, 0.6) is 0 Å². The number of ketones is 1. The third-order valence-corrected chi connectivity index (χ3v) is 7.62. The van der Waals surface area contributed by atoms with Gasteiger partial charge in [-0.2, -0.15) is 0 Å². The van der Waals surface area contributed by atoms with Gasteiger partial charge in [0.15, 0.2) is 5.78 Å². The SMILES string of the molecule is CCC(F)(F)c1cccc(C(=O)NC(c2cccc(-c3ccc(C(C)=O)cc3)c2)C2(O)CCCC2)c1Cl. The van der Waals surface area contributed by atoms with Crippen LogP contribution in [0.1, 0.15) is 83.8 Å². The van der Waals surface area contributed by atoms with E-state index >= 15 is 0 Å². The molecule has 0 radical (unpaired) electrons. The lowest BCUT2D eigenvalue weighted by atomic mass is 9.85. The molecular weight excluding hydrogens is 496 g/mol. The van der Waals surface area contributed by atoms with Crippen molar-refractivity contribution < 1.29 is 23.5 Å². The van der Waals surface area contributed by atoms with E-state index in [0.717, 1.165) is 24.0 Å². The van der Waals surface area contributed by atoms with Crippen molar-refractivity contribution in [3.63, 3.8) is 0 Å². The van der Waals surface area contributed by atoms with E-state index in [-0.39, 0.29) is 16.4 Å². The molecular formula is C30H30ClF2NO3. The van der Waals surface area contributed by atoms with Crippen LogP contribution in [0.25, 0.3) is 11.1 Å². The highest BCUT2D eigenvalue weighted by Gasteiger charge is 2.42. The number of halogens is 3. The molecule has 1 fully saturated rings. The van der Waals surface area contributed by atoms with E-state index in [1.54, 1.807) is 12.1 Å². The third-order valence-electron chi connectivity index (χ3n) is 7.21. The quantitative estimate of drug-likeness (QED) is 0.299. The molecule has 2 N–H and O–H groups in total. The van der Waals surface area contributed by atoms with E-state index < -0.39 is 35.5 Å². The first-order valence-corrected chi connectivity index (χ1v) is 12.8. The molecule has 0 heterocycles. The summed E-state index contributed by atoms with van der Waals surface area (Å²) in [6, 6.07) is 18.0. The molecule has 0 bridgehead atoms. The van der Waals surface area contributed by atoms with Crippen LogP contribution in [0.2, 0.25) is 5.02 Å². The topological polar surface area (TPSA) is 66.4 Å². The lowest BCUT2D eigenvalue weighted by Crippen LogP contribution is -2.44. The molecule has 0 saturated heterocycles. The van der Waals surface area contributed by atoms with Gasteiger partial charge in [0, 0.05) is 17.5 Å². The normalized spacial score (nSPS) is 15.8. The first-order chi connectivity index (χ1) is 17.6. The summed E-state index contributed by atoms with van der Waals surface area (Å²) in [5.74, 6) is -3.81. The molecule has 1 atom stereocenters. The van der Waals surface area contributed by atoms with Crippen molar-refractivity contribution >= 4 is 23.3 Å². The average molecular weight is 526 g/mol. The van der Waals surface area contributed by atoms with E-state index in [9.17, 15) is 23.5 Å². The molecule has 1 aliphatic rings. The van der Waals surface area contributed by atoms with Gasteiger partial charge in [-0.1, -0.05) is 86.0 Å². The largest absolute Gasteiger partial charge is 0.387 e. The zero-order valence-electron chi connectivity index (χ0n) is 20.9. The number of carbonyl (C=O) groups excluding carboxylic acids is 2. The Hall–Kier alpha value is -3.09. The molecule has 0 spiro atoms. The summed E-state index contributed by atoms with van der Waals surface area (Å²) in [6.07, 6.45) is 2.18. The molecule has 4 nitrogen and oxygen atoms in total. The van der Waals surface area contributed by atoms with Crippen LogP contribution in [-0.2, 0) is 5.92 Å². The summed E-state index contributed by atoms with van der Waals surface area (Å²) in [4.78, 5) is 25.0. The molecule has 4 rings (SSSR count). The monoisotopic (exact) mass is 525 g/mol. The van der Waals surface area contributed by atoms with Gasteiger partial charge in [-0.15, -0.1) is 0 Å². The molecule has 1 saturated carbocycles. The third kappa shape index (κ3) is 5.60. The Balaban J connectivity index is 1.70. The predicted octanol–water partition coefficient (Wildman–Crippen LogP) is 7.49. The fourth-order valence-electron chi connectivity index (χ4n) is 4.99. The maximum absolute atomic E-state index is 14.4. The minimum absolute atomic E-state index is 0.0223. The zero-order chi connectivity index (χ0) is 26.8.